The topological polar surface area (TPSA) is 67.6 Å². The molecule has 1 rings (SSSR count). The zero-order valence-electron chi connectivity index (χ0n) is 9.83. The molecule has 0 saturated heterocycles. The molecule has 0 bridgehead atoms. The highest BCUT2D eigenvalue weighted by Gasteiger charge is 2.25. The average molecular weight is 206 g/mol. The maximum atomic E-state index is 9.06. The first-order chi connectivity index (χ1) is 6.91. The van der Waals surface area contributed by atoms with Gasteiger partial charge in [0, 0.05) is 12.0 Å². The Morgan fingerprint density at radius 1 is 1.47 bits per heavy atom. The molecular formula is C11H18N4. The molecule has 2 N–H and O–H groups in total. The number of nitrogens with zero attached hydrogens (tertiary/aromatic N) is 3. The van der Waals surface area contributed by atoms with Crippen LogP contribution in [0.4, 0.5) is 5.82 Å². The summed E-state index contributed by atoms with van der Waals surface area (Å²) in [5, 5.41) is 13.5. The van der Waals surface area contributed by atoms with E-state index in [1.807, 2.05) is 20.8 Å². The first-order valence-corrected chi connectivity index (χ1v) is 5.18. The fraction of sp³-hybridized carbons (Fsp3) is 0.636. The third kappa shape index (κ3) is 2.12. The van der Waals surface area contributed by atoms with Gasteiger partial charge >= 0.3 is 0 Å². The van der Waals surface area contributed by atoms with Crippen LogP contribution in [0.3, 0.4) is 0 Å². The molecule has 0 aliphatic rings. The van der Waals surface area contributed by atoms with Crippen molar-refractivity contribution in [3.8, 4) is 6.07 Å². The number of aromatic nitrogens is 2. The zero-order valence-corrected chi connectivity index (χ0v) is 9.83. The van der Waals surface area contributed by atoms with E-state index < -0.39 is 0 Å². The minimum absolute atomic E-state index is 0.141. The highest BCUT2D eigenvalue weighted by molar-refractivity contribution is 5.53. The summed E-state index contributed by atoms with van der Waals surface area (Å²) in [4.78, 5) is 0. The van der Waals surface area contributed by atoms with Crippen LogP contribution in [-0.4, -0.2) is 9.78 Å². The van der Waals surface area contributed by atoms with Gasteiger partial charge in [-0.25, -0.2) is 4.68 Å². The summed E-state index contributed by atoms with van der Waals surface area (Å²) >= 11 is 0. The van der Waals surface area contributed by atoms with Crippen LogP contribution in [-0.2, 0) is 12.0 Å². The molecule has 0 saturated carbocycles. The van der Waals surface area contributed by atoms with Crippen molar-refractivity contribution in [3.63, 3.8) is 0 Å². The third-order valence-corrected chi connectivity index (χ3v) is 2.25. The Morgan fingerprint density at radius 2 is 2.07 bits per heavy atom. The zero-order chi connectivity index (χ0) is 11.6. The Kier molecular flexibility index (Phi) is 3.04. The second-order valence-corrected chi connectivity index (χ2v) is 4.69. The highest BCUT2D eigenvalue weighted by Crippen LogP contribution is 2.27. The second-order valence-electron chi connectivity index (χ2n) is 4.69. The minimum atomic E-state index is -0.141. The summed E-state index contributed by atoms with van der Waals surface area (Å²) in [5.74, 6) is 0.490. The van der Waals surface area contributed by atoms with E-state index in [-0.39, 0.29) is 5.41 Å². The van der Waals surface area contributed by atoms with E-state index in [0.29, 0.717) is 11.4 Å². The van der Waals surface area contributed by atoms with Gasteiger partial charge in [-0.2, -0.15) is 10.4 Å². The van der Waals surface area contributed by atoms with Crippen molar-refractivity contribution < 1.29 is 0 Å². The van der Waals surface area contributed by atoms with Crippen molar-refractivity contribution in [1.82, 2.24) is 9.78 Å². The van der Waals surface area contributed by atoms with Gasteiger partial charge in [-0.3, -0.25) is 0 Å². The maximum absolute atomic E-state index is 9.06. The average Bonchev–Trinajstić information content (AvgIpc) is 2.44. The van der Waals surface area contributed by atoms with E-state index >= 15 is 0 Å². The van der Waals surface area contributed by atoms with Crippen molar-refractivity contribution in [2.24, 2.45) is 0 Å². The second kappa shape index (κ2) is 3.93. The van der Waals surface area contributed by atoms with Gasteiger partial charge in [0.15, 0.2) is 0 Å². The highest BCUT2D eigenvalue weighted by atomic mass is 15.3. The number of anilines is 1. The molecule has 1 aromatic heterocycles. The van der Waals surface area contributed by atoms with Crippen molar-refractivity contribution in [2.75, 3.05) is 5.73 Å². The molecule has 0 aliphatic carbocycles. The van der Waals surface area contributed by atoms with Crippen LogP contribution in [0.25, 0.3) is 0 Å². The number of aryl methyl sites for hydroxylation is 1. The molecule has 1 heterocycles. The normalized spacial score (nSPS) is 11.4. The molecule has 0 aliphatic heterocycles. The molecule has 0 atom stereocenters. The summed E-state index contributed by atoms with van der Waals surface area (Å²) in [6, 6.07) is 2.14. The van der Waals surface area contributed by atoms with E-state index in [0.717, 1.165) is 18.7 Å². The Labute approximate surface area is 90.7 Å². The van der Waals surface area contributed by atoms with E-state index in [1.54, 1.807) is 4.68 Å². The van der Waals surface area contributed by atoms with Crippen molar-refractivity contribution in [2.45, 2.75) is 46.1 Å². The lowest BCUT2D eigenvalue weighted by molar-refractivity contribution is 0.530. The quantitative estimate of drug-likeness (QED) is 0.805. The van der Waals surface area contributed by atoms with Gasteiger partial charge in [0.1, 0.15) is 17.5 Å². The molecule has 0 fully saturated rings. The van der Waals surface area contributed by atoms with Crippen LogP contribution in [0.15, 0.2) is 0 Å². The van der Waals surface area contributed by atoms with Crippen LogP contribution in [0.1, 0.15) is 45.4 Å². The molecule has 0 unspecified atom stereocenters. The van der Waals surface area contributed by atoms with Gasteiger partial charge in [0.05, 0.1) is 5.69 Å². The first-order valence-electron chi connectivity index (χ1n) is 5.18. The van der Waals surface area contributed by atoms with Crippen LogP contribution in [0.5, 0.6) is 0 Å². The van der Waals surface area contributed by atoms with Crippen LogP contribution >= 0.6 is 0 Å². The summed E-state index contributed by atoms with van der Waals surface area (Å²) < 4.78 is 1.72. The standard InChI is InChI=1S/C11H18N4/c1-5-6-15-10(13)8(7-12)9(14-15)11(2,3)4/h5-6,13H2,1-4H3. The number of nitrogen functional groups attached to an aromatic ring is 1. The van der Waals surface area contributed by atoms with E-state index in [4.69, 9.17) is 11.0 Å². The molecular weight excluding hydrogens is 188 g/mol. The Hall–Kier alpha value is -1.50. The number of nitriles is 1. The van der Waals surface area contributed by atoms with Crippen molar-refractivity contribution in [1.29, 1.82) is 5.26 Å². The van der Waals surface area contributed by atoms with E-state index in [9.17, 15) is 0 Å². The Balaban J connectivity index is 3.30. The van der Waals surface area contributed by atoms with Crippen LogP contribution in [0, 0.1) is 11.3 Å². The largest absolute Gasteiger partial charge is 0.383 e. The Bertz CT molecular complexity index is 390. The van der Waals surface area contributed by atoms with Gasteiger partial charge in [-0.05, 0) is 6.42 Å². The smallest absolute Gasteiger partial charge is 0.140 e. The predicted octanol–water partition coefficient (Wildman–Crippen LogP) is 2.04. The van der Waals surface area contributed by atoms with Gasteiger partial charge in [-0.1, -0.05) is 27.7 Å². The molecule has 15 heavy (non-hydrogen) atoms. The summed E-state index contributed by atoms with van der Waals surface area (Å²) in [7, 11) is 0. The molecule has 4 heteroatoms. The van der Waals surface area contributed by atoms with Crippen LogP contribution in [0.2, 0.25) is 0 Å². The Morgan fingerprint density at radius 3 is 2.40 bits per heavy atom. The fourth-order valence-corrected chi connectivity index (χ4v) is 1.49. The number of nitrogens with two attached hydrogens (primary N) is 1. The van der Waals surface area contributed by atoms with Gasteiger partial charge in [0.2, 0.25) is 0 Å². The summed E-state index contributed by atoms with van der Waals surface area (Å²) in [6.45, 7) is 8.92. The number of rotatable bonds is 2. The van der Waals surface area contributed by atoms with Crippen LogP contribution < -0.4 is 5.73 Å². The van der Waals surface area contributed by atoms with Crippen molar-refractivity contribution in [3.05, 3.63) is 11.3 Å². The first kappa shape index (κ1) is 11.6. The fourth-order valence-electron chi connectivity index (χ4n) is 1.49. The predicted molar refractivity (Wildman–Crippen MR) is 60.3 cm³/mol. The number of hydrogen-bond donors (Lipinski definition) is 1. The maximum Gasteiger partial charge on any atom is 0.140 e. The van der Waals surface area contributed by atoms with E-state index in [2.05, 4.69) is 18.1 Å². The third-order valence-electron chi connectivity index (χ3n) is 2.25. The van der Waals surface area contributed by atoms with Gasteiger partial charge < -0.3 is 5.73 Å². The molecule has 0 amide bonds. The van der Waals surface area contributed by atoms with E-state index in [1.165, 1.54) is 0 Å². The molecule has 4 nitrogen and oxygen atoms in total. The van der Waals surface area contributed by atoms with Gasteiger partial charge in [-0.15, -0.1) is 0 Å². The number of hydrogen-bond acceptors (Lipinski definition) is 3. The molecule has 0 spiro atoms. The lowest BCUT2D eigenvalue weighted by Gasteiger charge is -2.14. The molecule has 82 valence electrons. The lowest BCUT2D eigenvalue weighted by Crippen LogP contribution is -2.14. The summed E-state index contributed by atoms with van der Waals surface area (Å²) in [5.41, 5.74) is 7.05. The minimum Gasteiger partial charge on any atom is -0.383 e. The van der Waals surface area contributed by atoms with Gasteiger partial charge in [0.25, 0.3) is 0 Å². The molecule has 0 aromatic carbocycles. The molecule has 1 aromatic rings. The SMILES string of the molecule is CCCn1nc(C(C)(C)C)c(C#N)c1N. The molecule has 0 radical (unpaired) electrons. The monoisotopic (exact) mass is 206 g/mol. The summed E-state index contributed by atoms with van der Waals surface area (Å²) in [6.07, 6.45) is 0.959. The van der Waals surface area contributed by atoms with Crippen molar-refractivity contribution >= 4 is 5.82 Å². The lowest BCUT2D eigenvalue weighted by atomic mass is 9.90.